The minimum Gasteiger partial charge on any atom is -0.508 e. The average molecular weight is 364 g/mol. The fourth-order valence-electron chi connectivity index (χ4n) is 3.58. The molecule has 27 heavy (non-hydrogen) atoms. The molecule has 0 amide bonds. The highest BCUT2D eigenvalue weighted by Crippen LogP contribution is 2.52. The Morgan fingerprint density at radius 3 is 2.00 bits per heavy atom. The molecule has 0 saturated heterocycles. The van der Waals surface area contributed by atoms with Crippen molar-refractivity contribution in [3.63, 3.8) is 0 Å². The zero-order valence-electron chi connectivity index (χ0n) is 14.0. The fraction of sp³-hybridized carbons (Fsp3) is 0.0952. The van der Waals surface area contributed by atoms with E-state index in [1.165, 1.54) is 42.5 Å². The third-order valence-corrected chi connectivity index (χ3v) is 4.66. The molecule has 4 rings (SSSR count). The van der Waals surface area contributed by atoms with Crippen LogP contribution in [0.1, 0.15) is 39.1 Å². The lowest BCUT2D eigenvalue weighted by molar-refractivity contribution is 0.112. The summed E-state index contributed by atoms with van der Waals surface area (Å²) in [5, 5.41) is 39.3. The first-order valence-electron chi connectivity index (χ1n) is 8.27. The second-order valence-corrected chi connectivity index (χ2v) is 6.46. The quantitative estimate of drug-likeness (QED) is 0.529. The number of aldehydes is 1. The van der Waals surface area contributed by atoms with Crippen molar-refractivity contribution < 1.29 is 30.0 Å². The number of hydrogen-bond acceptors (Lipinski definition) is 6. The molecule has 0 bridgehead atoms. The Balaban J connectivity index is 1.94. The summed E-state index contributed by atoms with van der Waals surface area (Å²) in [7, 11) is 0. The van der Waals surface area contributed by atoms with Gasteiger partial charge in [-0.3, -0.25) is 4.79 Å². The Morgan fingerprint density at radius 1 is 0.741 bits per heavy atom. The summed E-state index contributed by atoms with van der Waals surface area (Å²) >= 11 is 0. The van der Waals surface area contributed by atoms with Gasteiger partial charge >= 0.3 is 0 Å². The highest BCUT2D eigenvalue weighted by Gasteiger charge is 2.39. The molecule has 136 valence electrons. The molecule has 6 heteroatoms. The van der Waals surface area contributed by atoms with E-state index in [0.717, 1.165) is 5.56 Å². The molecule has 1 heterocycles. The lowest BCUT2D eigenvalue weighted by Gasteiger charge is -2.21. The van der Waals surface area contributed by atoms with Crippen LogP contribution in [0.5, 0.6) is 28.7 Å². The van der Waals surface area contributed by atoms with E-state index in [-0.39, 0.29) is 28.6 Å². The molecule has 0 aliphatic carbocycles. The van der Waals surface area contributed by atoms with Crippen LogP contribution >= 0.6 is 0 Å². The summed E-state index contributed by atoms with van der Waals surface area (Å²) in [5.41, 5.74) is 2.11. The molecule has 3 aromatic carbocycles. The van der Waals surface area contributed by atoms with Gasteiger partial charge in [-0.1, -0.05) is 12.1 Å². The van der Waals surface area contributed by atoms with Crippen molar-refractivity contribution in [2.75, 3.05) is 0 Å². The zero-order valence-corrected chi connectivity index (χ0v) is 14.0. The molecule has 3 aromatic rings. The summed E-state index contributed by atoms with van der Waals surface area (Å²) in [6, 6.07) is 13.4. The van der Waals surface area contributed by atoms with Gasteiger partial charge in [-0.05, 0) is 41.5 Å². The Bertz CT molecular complexity index is 1010. The van der Waals surface area contributed by atoms with Crippen LogP contribution in [0.2, 0.25) is 0 Å². The predicted octanol–water partition coefficient (Wildman–Crippen LogP) is 3.59. The number of aromatic hydroxyl groups is 4. The van der Waals surface area contributed by atoms with Gasteiger partial charge in [-0.15, -0.1) is 0 Å². The van der Waals surface area contributed by atoms with Crippen LogP contribution in [0, 0.1) is 0 Å². The number of phenols is 4. The number of benzene rings is 3. The standard InChI is InChI=1S/C21H16O6/c22-10-13-7-17(26)9-18-19(13)20(12-5-15(24)8-16(25)6-12)21(27-18)11-1-3-14(23)4-2-11/h1-10,20-21,23-26H/t20-,21+/m1/s1. The van der Waals surface area contributed by atoms with Gasteiger partial charge in [0.05, 0.1) is 5.92 Å². The second-order valence-electron chi connectivity index (χ2n) is 6.46. The highest BCUT2D eigenvalue weighted by molar-refractivity contribution is 5.81. The highest BCUT2D eigenvalue weighted by atomic mass is 16.5. The molecule has 0 radical (unpaired) electrons. The van der Waals surface area contributed by atoms with Crippen LogP contribution in [-0.4, -0.2) is 26.7 Å². The van der Waals surface area contributed by atoms with Crippen molar-refractivity contribution in [1.29, 1.82) is 0 Å². The molecule has 6 nitrogen and oxygen atoms in total. The molecule has 0 spiro atoms. The van der Waals surface area contributed by atoms with Crippen molar-refractivity contribution in [2.45, 2.75) is 12.0 Å². The van der Waals surface area contributed by atoms with Gasteiger partial charge < -0.3 is 25.2 Å². The van der Waals surface area contributed by atoms with Gasteiger partial charge in [0.15, 0.2) is 6.29 Å². The predicted molar refractivity (Wildman–Crippen MR) is 96.6 cm³/mol. The van der Waals surface area contributed by atoms with Gasteiger partial charge in [0.2, 0.25) is 0 Å². The average Bonchev–Trinajstić information content (AvgIpc) is 3.00. The van der Waals surface area contributed by atoms with Gasteiger partial charge in [-0.25, -0.2) is 0 Å². The van der Waals surface area contributed by atoms with Gasteiger partial charge in [0.1, 0.15) is 34.9 Å². The summed E-state index contributed by atoms with van der Waals surface area (Å²) in [6.07, 6.45) is 0.0545. The third kappa shape index (κ3) is 2.91. The molecule has 0 fully saturated rings. The number of carbonyl (C=O) groups excluding carboxylic acids is 1. The molecular formula is C21H16O6. The molecular weight excluding hydrogens is 348 g/mol. The molecule has 2 atom stereocenters. The van der Waals surface area contributed by atoms with E-state index in [1.807, 2.05) is 0 Å². The number of hydrogen-bond donors (Lipinski definition) is 4. The van der Waals surface area contributed by atoms with E-state index in [4.69, 9.17) is 4.74 Å². The smallest absolute Gasteiger partial charge is 0.150 e. The number of phenolic OH excluding ortho intramolecular Hbond substituents is 4. The summed E-state index contributed by atoms with van der Waals surface area (Å²) in [6.45, 7) is 0. The molecule has 1 aliphatic rings. The molecule has 0 aromatic heterocycles. The maximum absolute atomic E-state index is 11.6. The first-order valence-corrected chi connectivity index (χ1v) is 8.27. The van der Waals surface area contributed by atoms with Gasteiger partial charge in [0, 0.05) is 23.3 Å². The van der Waals surface area contributed by atoms with E-state index in [1.54, 1.807) is 12.1 Å². The van der Waals surface area contributed by atoms with Crippen LogP contribution in [0.3, 0.4) is 0 Å². The molecule has 0 saturated carbocycles. The lowest BCUT2D eigenvalue weighted by atomic mass is 9.83. The Hall–Kier alpha value is -3.67. The van der Waals surface area contributed by atoms with Gasteiger partial charge in [-0.2, -0.15) is 0 Å². The Morgan fingerprint density at radius 2 is 1.37 bits per heavy atom. The Kier molecular flexibility index (Phi) is 3.88. The topological polar surface area (TPSA) is 107 Å². The lowest BCUT2D eigenvalue weighted by Crippen LogP contribution is -2.12. The summed E-state index contributed by atoms with van der Waals surface area (Å²) in [5.74, 6) is -0.387. The van der Waals surface area contributed by atoms with Crippen LogP contribution in [0.4, 0.5) is 0 Å². The minimum atomic E-state index is -0.581. The minimum absolute atomic E-state index is 0.0975. The normalized spacial score (nSPS) is 17.9. The van der Waals surface area contributed by atoms with E-state index in [0.29, 0.717) is 23.2 Å². The van der Waals surface area contributed by atoms with Crippen molar-refractivity contribution >= 4 is 6.29 Å². The SMILES string of the molecule is O=Cc1cc(O)cc2c1[C@@H](c1cc(O)cc(O)c1)[C@H](c1ccc(O)cc1)O2. The second kappa shape index (κ2) is 6.25. The third-order valence-electron chi connectivity index (χ3n) is 4.66. The molecule has 0 unspecified atom stereocenters. The van der Waals surface area contributed by atoms with E-state index >= 15 is 0 Å². The fourth-order valence-corrected chi connectivity index (χ4v) is 3.58. The van der Waals surface area contributed by atoms with Crippen molar-refractivity contribution in [1.82, 2.24) is 0 Å². The van der Waals surface area contributed by atoms with Crippen molar-refractivity contribution in [2.24, 2.45) is 0 Å². The number of ether oxygens (including phenoxy) is 1. The maximum Gasteiger partial charge on any atom is 0.150 e. The first kappa shape index (κ1) is 16.8. The van der Waals surface area contributed by atoms with E-state index in [2.05, 4.69) is 0 Å². The van der Waals surface area contributed by atoms with Crippen molar-refractivity contribution in [3.05, 3.63) is 76.9 Å². The largest absolute Gasteiger partial charge is 0.508 e. The first-order chi connectivity index (χ1) is 13.0. The zero-order chi connectivity index (χ0) is 19.1. The maximum atomic E-state index is 11.6. The molecule has 4 N–H and O–H groups in total. The summed E-state index contributed by atoms with van der Waals surface area (Å²) in [4.78, 5) is 11.6. The number of fused-ring (bicyclic) bond motifs is 1. The summed E-state index contributed by atoms with van der Waals surface area (Å²) < 4.78 is 6.04. The monoisotopic (exact) mass is 364 g/mol. The van der Waals surface area contributed by atoms with Crippen LogP contribution in [0.15, 0.2) is 54.6 Å². The van der Waals surface area contributed by atoms with Crippen LogP contribution < -0.4 is 4.74 Å². The van der Waals surface area contributed by atoms with Crippen LogP contribution in [-0.2, 0) is 0 Å². The van der Waals surface area contributed by atoms with E-state index in [9.17, 15) is 25.2 Å². The van der Waals surface area contributed by atoms with Gasteiger partial charge in [0.25, 0.3) is 0 Å². The van der Waals surface area contributed by atoms with Crippen molar-refractivity contribution in [3.8, 4) is 28.7 Å². The Labute approximate surface area is 154 Å². The van der Waals surface area contributed by atoms with E-state index < -0.39 is 12.0 Å². The van der Waals surface area contributed by atoms with Crippen LogP contribution in [0.25, 0.3) is 0 Å². The number of rotatable bonds is 3. The number of carbonyl (C=O) groups is 1. The molecule has 1 aliphatic heterocycles.